The molecule has 0 fully saturated rings. The summed E-state index contributed by atoms with van der Waals surface area (Å²) in [6, 6.07) is 18.0. The van der Waals surface area contributed by atoms with Crippen LogP contribution in [0.15, 0.2) is 54.6 Å². The first kappa shape index (κ1) is 24.1. The molecule has 3 N–H and O–H groups in total. The molecule has 26 heavy (non-hydrogen) atoms. The van der Waals surface area contributed by atoms with Gasteiger partial charge in [0.2, 0.25) is 0 Å². The summed E-state index contributed by atoms with van der Waals surface area (Å²) in [6.07, 6.45) is 0.919. The summed E-state index contributed by atoms with van der Waals surface area (Å²) in [5.41, 5.74) is 2.92. The molecule has 0 aliphatic heterocycles. The first-order valence-electron chi connectivity index (χ1n) is 8.12. The number of carbonyl (C=O) groups is 1. The predicted octanol–water partition coefficient (Wildman–Crippen LogP) is 2.98. The fourth-order valence-electron chi connectivity index (χ4n) is 2.63. The molecule has 0 amide bonds. The fourth-order valence-corrected chi connectivity index (χ4v) is 2.63. The van der Waals surface area contributed by atoms with Crippen LogP contribution >= 0.6 is 12.4 Å². The van der Waals surface area contributed by atoms with Gasteiger partial charge in [-0.1, -0.05) is 42.5 Å². The van der Waals surface area contributed by atoms with Crippen LogP contribution in [0.5, 0.6) is 0 Å². The van der Waals surface area contributed by atoms with E-state index in [1.807, 2.05) is 30.3 Å². The molecule has 6 heteroatoms. The molecule has 0 aliphatic rings. The fraction of sp³-hybridized carbons (Fsp3) is 0.350. The lowest BCUT2D eigenvalue weighted by Gasteiger charge is -2.20. The molecule has 2 rings (SSSR count). The zero-order valence-electron chi connectivity index (χ0n) is 15.4. The first-order valence-corrected chi connectivity index (χ1v) is 8.12. The molecule has 2 aromatic rings. The van der Waals surface area contributed by atoms with E-state index >= 15 is 0 Å². The Balaban J connectivity index is 0.00000312. The molecule has 0 saturated carbocycles. The Morgan fingerprint density at radius 2 is 1.65 bits per heavy atom. The van der Waals surface area contributed by atoms with Crippen LogP contribution in [-0.2, 0) is 15.9 Å². The van der Waals surface area contributed by atoms with E-state index in [9.17, 15) is 4.79 Å². The van der Waals surface area contributed by atoms with Gasteiger partial charge < -0.3 is 20.3 Å². The molecular weight excluding hydrogens is 354 g/mol. The van der Waals surface area contributed by atoms with Crippen LogP contribution in [0.25, 0.3) is 0 Å². The van der Waals surface area contributed by atoms with Crippen LogP contribution in [-0.4, -0.2) is 38.3 Å². The molecule has 0 saturated heterocycles. The first-order chi connectivity index (χ1) is 11.6. The molecule has 0 aromatic heterocycles. The molecule has 0 radical (unpaired) electrons. The van der Waals surface area contributed by atoms with E-state index < -0.39 is 0 Å². The van der Waals surface area contributed by atoms with E-state index in [-0.39, 0.29) is 30.0 Å². The van der Waals surface area contributed by atoms with Gasteiger partial charge in [-0.2, -0.15) is 0 Å². The monoisotopic (exact) mass is 381 g/mol. The predicted molar refractivity (Wildman–Crippen MR) is 106 cm³/mol. The molecule has 2 atom stereocenters. The van der Waals surface area contributed by atoms with Crippen LogP contribution in [0.2, 0.25) is 0 Å². The van der Waals surface area contributed by atoms with Crippen molar-refractivity contribution in [1.82, 2.24) is 5.32 Å². The number of rotatable bonds is 8. The number of nitrogens with one attached hydrogen (secondary N) is 1. The van der Waals surface area contributed by atoms with E-state index in [0.29, 0.717) is 11.6 Å². The van der Waals surface area contributed by atoms with Crippen molar-refractivity contribution >= 4 is 18.4 Å². The van der Waals surface area contributed by atoms with E-state index in [0.717, 1.165) is 13.0 Å². The number of hydrogen-bond acceptors (Lipinski definition) is 4. The van der Waals surface area contributed by atoms with Gasteiger partial charge in [0.25, 0.3) is 0 Å². The third-order valence-electron chi connectivity index (χ3n) is 4.02. The number of ether oxygens (including phenoxy) is 2. The molecule has 0 spiro atoms. The molecule has 144 valence electrons. The van der Waals surface area contributed by atoms with Gasteiger partial charge in [-0.05, 0) is 36.6 Å². The number of benzene rings is 2. The van der Waals surface area contributed by atoms with Crippen molar-refractivity contribution < 1.29 is 19.7 Å². The van der Waals surface area contributed by atoms with Crippen LogP contribution in [0.1, 0.15) is 34.5 Å². The standard InChI is InChI=1S/C20H25NO3.ClH.H2O/c1-15(13-16-9-11-18(12-10-16)20(22)24-3)21-14-19(23-2)17-7-5-4-6-8-17;;/h4-12,15,19,21H,13-14H2,1-3H3;1H;1H2. The van der Waals surface area contributed by atoms with Gasteiger partial charge in [0.05, 0.1) is 18.8 Å². The number of halogens is 1. The maximum atomic E-state index is 11.4. The highest BCUT2D eigenvalue weighted by Crippen LogP contribution is 2.15. The van der Waals surface area contributed by atoms with Gasteiger partial charge in [-0.3, -0.25) is 0 Å². The average Bonchev–Trinajstić information content (AvgIpc) is 2.63. The van der Waals surface area contributed by atoms with E-state index in [1.54, 1.807) is 19.2 Å². The summed E-state index contributed by atoms with van der Waals surface area (Å²) < 4.78 is 10.3. The van der Waals surface area contributed by atoms with Crippen LogP contribution in [0.4, 0.5) is 0 Å². The van der Waals surface area contributed by atoms with Crippen molar-refractivity contribution in [2.24, 2.45) is 0 Å². The maximum Gasteiger partial charge on any atom is 0.337 e. The molecule has 5 nitrogen and oxygen atoms in total. The second kappa shape index (κ2) is 12.4. The Kier molecular flexibility index (Phi) is 11.5. The van der Waals surface area contributed by atoms with Gasteiger partial charge >= 0.3 is 5.97 Å². The van der Waals surface area contributed by atoms with E-state index in [1.165, 1.54) is 18.2 Å². The molecule has 0 aliphatic carbocycles. The molecule has 0 bridgehead atoms. The number of hydrogen-bond donors (Lipinski definition) is 1. The Bertz CT molecular complexity index is 634. The Labute approximate surface area is 161 Å². The number of esters is 1. The van der Waals surface area contributed by atoms with Gasteiger partial charge in [-0.15, -0.1) is 12.4 Å². The van der Waals surface area contributed by atoms with Crippen molar-refractivity contribution in [2.45, 2.75) is 25.5 Å². The second-order valence-electron chi connectivity index (χ2n) is 5.84. The lowest BCUT2D eigenvalue weighted by molar-refractivity contribution is 0.0600. The smallest absolute Gasteiger partial charge is 0.337 e. The number of carbonyl (C=O) groups excluding carboxylic acids is 1. The highest BCUT2D eigenvalue weighted by Gasteiger charge is 2.12. The summed E-state index contributed by atoms with van der Waals surface area (Å²) >= 11 is 0. The lowest BCUT2D eigenvalue weighted by Crippen LogP contribution is -2.32. The van der Waals surface area contributed by atoms with Gasteiger partial charge in [-0.25, -0.2) is 4.79 Å². The molecule has 2 unspecified atom stereocenters. The van der Waals surface area contributed by atoms with Crippen LogP contribution in [0.3, 0.4) is 0 Å². The molecular formula is C20H28ClNO4. The average molecular weight is 382 g/mol. The summed E-state index contributed by atoms with van der Waals surface area (Å²) in [4.78, 5) is 11.4. The Morgan fingerprint density at radius 1 is 1.04 bits per heavy atom. The summed E-state index contributed by atoms with van der Waals surface area (Å²) in [6.45, 7) is 2.90. The summed E-state index contributed by atoms with van der Waals surface area (Å²) in [5, 5.41) is 3.51. The van der Waals surface area contributed by atoms with Crippen LogP contribution in [0, 0.1) is 0 Å². The maximum absolute atomic E-state index is 11.4. The highest BCUT2D eigenvalue weighted by molar-refractivity contribution is 5.89. The van der Waals surface area contributed by atoms with Crippen LogP contribution < -0.4 is 5.32 Å². The van der Waals surface area contributed by atoms with E-state index in [2.05, 4.69) is 24.4 Å². The van der Waals surface area contributed by atoms with Gasteiger partial charge in [0, 0.05) is 19.7 Å². The quantitative estimate of drug-likeness (QED) is 0.713. The van der Waals surface area contributed by atoms with Crippen molar-refractivity contribution in [3.63, 3.8) is 0 Å². The third kappa shape index (κ3) is 7.14. The van der Waals surface area contributed by atoms with Crippen molar-refractivity contribution in [3.8, 4) is 0 Å². The normalized spacial score (nSPS) is 12.3. The molecule has 0 heterocycles. The topological polar surface area (TPSA) is 79.1 Å². The SMILES string of the molecule is COC(=O)c1ccc(CC(C)NCC(OC)c2ccccc2)cc1.Cl.O. The minimum atomic E-state index is -0.307. The highest BCUT2D eigenvalue weighted by atomic mass is 35.5. The van der Waals surface area contributed by atoms with Gasteiger partial charge in [0.1, 0.15) is 0 Å². The summed E-state index contributed by atoms with van der Waals surface area (Å²) in [7, 11) is 3.12. The largest absolute Gasteiger partial charge is 0.465 e. The minimum absolute atomic E-state index is 0. The van der Waals surface area contributed by atoms with Crippen molar-refractivity contribution in [2.75, 3.05) is 20.8 Å². The van der Waals surface area contributed by atoms with Gasteiger partial charge in [0.15, 0.2) is 0 Å². The summed E-state index contributed by atoms with van der Waals surface area (Å²) in [5.74, 6) is -0.307. The van der Waals surface area contributed by atoms with Crippen molar-refractivity contribution in [3.05, 3.63) is 71.3 Å². The zero-order valence-corrected chi connectivity index (χ0v) is 16.2. The Morgan fingerprint density at radius 3 is 2.19 bits per heavy atom. The second-order valence-corrected chi connectivity index (χ2v) is 5.84. The minimum Gasteiger partial charge on any atom is -0.465 e. The van der Waals surface area contributed by atoms with E-state index in [4.69, 9.17) is 9.47 Å². The molecule has 2 aromatic carbocycles. The van der Waals surface area contributed by atoms with Crippen molar-refractivity contribution in [1.29, 1.82) is 0 Å². The Hall–Kier alpha value is -1.92. The third-order valence-corrected chi connectivity index (χ3v) is 4.02. The number of methoxy groups -OCH3 is 2. The zero-order chi connectivity index (χ0) is 17.4. The lowest BCUT2D eigenvalue weighted by atomic mass is 10.0.